The van der Waals surface area contributed by atoms with Crippen LogP contribution in [0, 0.1) is 0 Å². The zero-order chi connectivity index (χ0) is 8.39. The van der Waals surface area contributed by atoms with E-state index in [1.165, 1.54) is 12.8 Å². The maximum absolute atomic E-state index is 8.68. The van der Waals surface area contributed by atoms with Crippen LogP contribution in [0.5, 0.6) is 0 Å². The Morgan fingerprint density at radius 3 is 2.75 bits per heavy atom. The van der Waals surface area contributed by atoms with E-state index in [4.69, 9.17) is 9.63 Å². The summed E-state index contributed by atoms with van der Waals surface area (Å²) in [6.45, 7) is 1.80. The van der Waals surface area contributed by atoms with Crippen molar-refractivity contribution in [2.45, 2.75) is 19.4 Å². The monoisotopic (exact) mass is 169 g/mol. The van der Waals surface area contributed by atoms with Crippen LogP contribution in [0.1, 0.15) is 18.7 Å². The van der Waals surface area contributed by atoms with E-state index in [0.717, 1.165) is 13.1 Å². The molecule has 1 aliphatic rings. The van der Waals surface area contributed by atoms with Crippen molar-refractivity contribution >= 4 is 5.95 Å². The first kappa shape index (κ1) is 7.54. The van der Waals surface area contributed by atoms with Crippen LogP contribution in [0.2, 0.25) is 0 Å². The van der Waals surface area contributed by atoms with Crippen molar-refractivity contribution < 1.29 is 9.63 Å². The highest BCUT2D eigenvalue weighted by molar-refractivity contribution is 5.28. The molecule has 0 unspecified atom stereocenters. The first-order chi connectivity index (χ1) is 5.90. The lowest BCUT2D eigenvalue weighted by Gasteiger charge is -2.09. The average molecular weight is 169 g/mol. The molecule has 0 amide bonds. The fourth-order valence-electron chi connectivity index (χ4n) is 1.36. The van der Waals surface area contributed by atoms with E-state index in [-0.39, 0.29) is 12.5 Å². The normalized spacial score (nSPS) is 17.2. The molecule has 0 aromatic carbocycles. The van der Waals surface area contributed by atoms with Gasteiger partial charge in [0.25, 0.3) is 11.8 Å². The topological polar surface area (TPSA) is 62.4 Å². The summed E-state index contributed by atoms with van der Waals surface area (Å²) in [5.74, 6) is 0.897. The molecule has 0 atom stereocenters. The second-order valence-electron chi connectivity index (χ2n) is 2.84. The van der Waals surface area contributed by atoms with E-state index in [1.807, 2.05) is 0 Å². The highest BCUT2D eigenvalue weighted by Gasteiger charge is 2.17. The average Bonchev–Trinajstić information content (AvgIpc) is 2.75. The first-order valence-corrected chi connectivity index (χ1v) is 4.08. The molecule has 2 rings (SSSR count). The molecule has 2 heterocycles. The molecule has 0 spiro atoms. The van der Waals surface area contributed by atoms with Gasteiger partial charge in [-0.05, 0) is 18.0 Å². The number of hydrogen-bond donors (Lipinski definition) is 1. The summed E-state index contributed by atoms with van der Waals surface area (Å²) in [7, 11) is 0. The Labute approximate surface area is 70.0 Å². The number of rotatable bonds is 2. The number of anilines is 1. The zero-order valence-corrected chi connectivity index (χ0v) is 6.73. The van der Waals surface area contributed by atoms with Crippen LogP contribution in [0.4, 0.5) is 5.95 Å². The highest BCUT2D eigenvalue weighted by Crippen LogP contribution is 2.15. The molecular weight excluding hydrogens is 158 g/mol. The predicted octanol–water partition coefficient (Wildman–Crippen LogP) is 0.162. The minimum atomic E-state index is -0.180. The van der Waals surface area contributed by atoms with Crippen molar-refractivity contribution in [3.05, 3.63) is 5.89 Å². The van der Waals surface area contributed by atoms with Gasteiger partial charge in [0.1, 0.15) is 6.61 Å². The van der Waals surface area contributed by atoms with Crippen LogP contribution in [0.15, 0.2) is 4.52 Å². The smallest absolute Gasteiger partial charge is 0.266 e. The van der Waals surface area contributed by atoms with E-state index in [9.17, 15) is 0 Å². The molecule has 1 N–H and O–H groups in total. The molecule has 0 saturated carbocycles. The molecule has 1 aromatic heterocycles. The molecule has 66 valence electrons. The number of aromatic nitrogens is 2. The fraction of sp³-hybridized carbons (Fsp3) is 0.714. The highest BCUT2D eigenvalue weighted by atomic mass is 16.5. The van der Waals surface area contributed by atoms with Gasteiger partial charge in [0.15, 0.2) is 0 Å². The predicted molar refractivity (Wildman–Crippen MR) is 41.7 cm³/mol. The van der Waals surface area contributed by atoms with Crippen molar-refractivity contribution in [2.24, 2.45) is 0 Å². The molecule has 5 heteroatoms. The molecule has 1 aromatic rings. The van der Waals surface area contributed by atoms with Crippen LogP contribution in [-0.2, 0) is 6.61 Å². The third kappa shape index (κ3) is 1.27. The van der Waals surface area contributed by atoms with Crippen LogP contribution in [0.25, 0.3) is 0 Å². The SMILES string of the molecule is OCc1nc(N2CCCC2)no1. The van der Waals surface area contributed by atoms with Crippen molar-refractivity contribution in [2.75, 3.05) is 18.0 Å². The molecule has 0 aliphatic carbocycles. The lowest BCUT2D eigenvalue weighted by molar-refractivity contribution is 0.222. The summed E-state index contributed by atoms with van der Waals surface area (Å²) in [5.41, 5.74) is 0. The Balaban J connectivity index is 2.11. The van der Waals surface area contributed by atoms with Gasteiger partial charge >= 0.3 is 0 Å². The second kappa shape index (κ2) is 3.10. The number of nitrogens with zero attached hydrogens (tertiary/aromatic N) is 3. The Hall–Kier alpha value is -1.10. The van der Waals surface area contributed by atoms with E-state index in [2.05, 4.69) is 15.0 Å². The van der Waals surface area contributed by atoms with Gasteiger partial charge in [0.2, 0.25) is 0 Å². The quantitative estimate of drug-likeness (QED) is 0.683. The molecule has 1 saturated heterocycles. The van der Waals surface area contributed by atoms with Gasteiger partial charge < -0.3 is 14.5 Å². The first-order valence-electron chi connectivity index (χ1n) is 4.08. The fourth-order valence-corrected chi connectivity index (χ4v) is 1.36. The van der Waals surface area contributed by atoms with Gasteiger partial charge in [0.05, 0.1) is 0 Å². The lowest BCUT2D eigenvalue weighted by atomic mass is 10.4. The molecule has 1 aliphatic heterocycles. The summed E-state index contributed by atoms with van der Waals surface area (Å²) >= 11 is 0. The molecule has 12 heavy (non-hydrogen) atoms. The Morgan fingerprint density at radius 2 is 2.17 bits per heavy atom. The summed E-state index contributed by atoms with van der Waals surface area (Å²) in [5, 5.41) is 12.4. The molecule has 0 bridgehead atoms. The van der Waals surface area contributed by atoms with Crippen molar-refractivity contribution in [3.8, 4) is 0 Å². The minimum Gasteiger partial charge on any atom is -0.387 e. The van der Waals surface area contributed by atoms with Gasteiger partial charge in [-0.25, -0.2) is 0 Å². The minimum absolute atomic E-state index is 0.180. The van der Waals surface area contributed by atoms with Gasteiger partial charge in [-0.2, -0.15) is 4.98 Å². The summed E-state index contributed by atoms with van der Waals surface area (Å²) < 4.78 is 4.77. The van der Waals surface area contributed by atoms with Crippen LogP contribution < -0.4 is 4.90 Å². The maximum Gasteiger partial charge on any atom is 0.266 e. The van der Waals surface area contributed by atoms with Gasteiger partial charge in [0, 0.05) is 13.1 Å². The molecule has 5 nitrogen and oxygen atoms in total. The van der Waals surface area contributed by atoms with E-state index in [1.54, 1.807) is 0 Å². The van der Waals surface area contributed by atoms with Crippen LogP contribution in [0.3, 0.4) is 0 Å². The third-order valence-corrected chi connectivity index (χ3v) is 1.98. The van der Waals surface area contributed by atoms with Crippen LogP contribution in [-0.4, -0.2) is 28.3 Å². The zero-order valence-electron chi connectivity index (χ0n) is 6.73. The van der Waals surface area contributed by atoms with Gasteiger partial charge in [-0.1, -0.05) is 0 Å². The maximum atomic E-state index is 8.68. The van der Waals surface area contributed by atoms with Gasteiger partial charge in [-0.3, -0.25) is 0 Å². The van der Waals surface area contributed by atoms with Crippen molar-refractivity contribution in [1.82, 2.24) is 10.1 Å². The van der Waals surface area contributed by atoms with E-state index >= 15 is 0 Å². The summed E-state index contributed by atoms with van der Waals surface area (Å²) in [4.78, 5) is 6.07. The molecule has 0 radical (unpaired) electrons. The van der Waals surface area contributed by atoms with E-state index < -0.39 is 0 Å². The summed E-state index contributed by atoms with van der Waals surface area (Å²) in [6, 6.07) is 0. The number of aliphatic hydroxyl groups is 1. The van der Waals surface area contributed by atoms with Crippen LogP contribution >= 0.6 is 0 Å². The Bertz CT molecular complexity index is 255. The number of hydrogen-bond acceptors (Lipinski definition) is 5. The van der Waals surface area contributed by atoms with Crippen molar-refractivity contribution in [3.63, 3.8) is 0 Å². The van der Waals surface area contributed by atoms with E-state index in [0.29, 0.717) is 5.95 Å². The molecule has 1 fully saturated rings. The second-order valence-corrected chi connectivity index (χ2v) is 2.84. The van der Waals surface area contributed by atoms with Gasteiger partial charge in [-0.15, -0.1) is 0 Å². The number of aliphatic hydroxyl groups excluding tert-OH is 1. The third-order valence-electron chi connectivity index (χ3n) is 1.98. The lowest BCUT2D eigenvalue weighted by Crippen LogP contribution is -2.18. The molecular formula is C7H11N3O2. The van der Waals surface area contributed by atoms with Crippen molar-refractivity contribution in [1.29, 1.82) is 0 Å². The largest absolute Gasteiger partial charge is 0.387 e. The Morgan fingerprint density at radius 1 is 1.42 bits per heavy atom. The Kier molecular flexibility index (Phi) is 1.95. The summed E-state index contributed by atoms with van der Waals surface area (Å²) in [6.07, 6.45) is 2.37. The standard InChI is InChI=1S/C7H11N3O2/c11-5-6-8-7(9-12-6)10-3-1-2-4-10/h11H,1-5H2.